The summed E-state index contributed by atoms with van der Waals surface area (Å²) >= 11 is 0. The number of nitrogens with two attached hydrogens (primary N) is 1. The van der Waals surface area contributed by atoms with Crippen LogP contribution in [0.1, 0.15) is 23.3 Å². The SMILES string of the molecule is COc1ccc(-n2cc(C(N)=O)nc2-c2ccc(Oc3ccnc(NC(=O)C4CC4)c3)c(F)c2)cc1. The second-order valence-electron chi connectivity index (χ2n) is 8.27. The zero-order chi connectivity index (χ0) is 25.2. The molecule has 5 rings (SSSR count). The third kappa shape index (κ3) is 4.88. The number of nitrogens with one attached hydrogen (secondary N) is 1. The van der Waals surface area contributed by atoms with Gasteiger partial charge >= 0.3 is 0 Å². The van der Waals surface area contributed by atoms with Crippen molar-refractivity contribution < 1.29 is 23.5 Å². The lowest BCUT2D eigenvalue weighted by atomic mass is 10.2. The molecular weight excluding hydrogens is 465 g/mol. The summed E-state index contributed by atoms with van der Waals surface area (Å²) in [4.78, 5) is 32.2. The number of primary amides is 1. The number of hydrogen-bond donors (Lipinski definition) is 2. The third-order valence-electron chi connectivity index (χ3n) is 5.66. The molecule has 2 heterocycles. The average molecular weight is 487 g/mol. The number of pyridine rings is 1. The molecule has 1 fully saturated rings. The molecule has 3 N–H and O–H groups in total. The van der Waals surface area contributed by atoms with E-state index >= 15 is 4.39 Å². The van der Waals surface area contributed by atoms with Crippen LogP contribution in [0.25, 0.3) is 17.1 Å². The first-order valence-electron chi connectivity index (χ1n) is 11.2. The van der Waals surface area contributed by atoms with Gasteiger partial charge in [0.25, 0.3) is 5.91 Å². The van der Waals surface area contributed by atoms with Gasteiger partial charge in [0.15, 0.2) is 11.6 Å². The number of anilines is 1. The Kier molecular flexibility index (Phi) is 6.07. The van der Waals surface area contributed by atoms with E-state index in [2.05, 4.69) is 15.3 Å². The van der Waals surface area contributed by atoms with Gasteiger partial charge in [-0.15, -0.1) is 0 Å². The maximum absolute atomic E-state index is 15.1. The number of benzene rings is 2. The zero-order valence-corrected chi connectivity index (χ0v) is 19.3. The summed E-state index contributed by atoms with van der Waals surface area (Å²) in [6.45, 7) is 0. The molecule has 182 valence electrons. The van der Waals surface area contributed by atoms with Crippen LogP contribution in [0, 0.1) is 11.7 Å². The number of rotatable bonds is 8. The van der Waals surface area contributed by atoms with Crippen molar-refractivity contribution in [1.82, 2.24) is 14.5 Å². The molecule has 2 amide bonds. The van der Waals surface area contributed by atoms with Crippen LogP contribution in [-0.4, -0.2) is 33.5 Å². The lowest BCUT2D eigenvalue weighted by Crippen LogP contribution is -2.14. The summed E-state index contributed by atoms with van der Waals surface area (Å²) in [5, 5.41) is 2.74. The topological polar surface area (TPSA) is 121 Å². The fraction of sp³-hybridized carbons (Fsp3) is 0.154. The predicted octanol–water partition coefficient (Wildman–Crippen LogP) is 4.32. The van der Waals surface area contributed by atoms with E-state index in [1.165, 1.54) is 30.6 Å². The van der Waals surface area contributed by atoms with Crippen molar-refractivity contribution in [2.75, 3.05) is 12.4 Å². The van der Waals surface area contributed by atoms with E-state index in [1.54, 1.807) is 48.1 Å². The summed E-state index contributed by atoms with van der Waals surface area (Å²) in [5.41, 5.74) is 6.58. The molecule has 10 heteroatoms. The summed E-state index contributed by atoms with van der Waals surface area (Å²) in [6.07, 6.45) is 4.71. The molecule has 36 heavy (non-hydrogen) atoms. The maximum Gasteiger partial charge on any atom is 0.268 e. The fourth-order valence-corrected chi connectivity index (χ4v) is 3.61. The van der Waals surface area contributed by atoms with Gasteiger partial charge < -0.3 is 20.5 Å². The smallest absolute Gasteiger partial charge is 0.268 e. The number of hydrogen-bond acceptors (Lipinski definition) is 6. The number of amides is 2. The van der Waals surface area contributed by atoms with E-state index in [0.29, 0.717) is 34.4 Å². The second kappa shape index (κ2) is 9.49. The highest BCUT2D eigenvalue weighted by atomic mass is 19.1. The van der Waals surface area contributed by atoms with Crippen molar-refractivity contribution in [3.8, 4) is 34.3 Å². The van der Waals surface area contributed by atoms with Crippen molar-refractivity contribution in [2.45, 2.75) is 12.8 Å². The summed E-state index contributed by atoms with van der Waals surface area (Å²) < 4.78 is 27.6. The van der Waals surface area contributed by atoms with Crippen LogP contribution in [0.5, 0.6) is 17.2 Å². The van der Waals surface area contributed by atoms with Crippen LogP contribution in [0.3, 0.4) is 0 Å². The second-order valence-corrected chi connectivity index (χ2v) is 8.27. The molecule has 1 aliphatic rings. The van der Waals surface area contributed by atoms with Gasteiger partial charge in [0, 0.05) is 35.6 Å². The lowest BCUT2D eigenvalue weighted by Gasteiger charge is -2.11. The monoisotopic (exact) mass is 487 g/mol. The first-order valence-corrected chi connectivity index (χ1v) is 11.2. The highest BCUT2D eigenvalue weighted by Crippen LogP contribution is 2.32. The number of nitrogens with zero attached hydrogens (tertiary/aromatic N) is 3. The minimum atomic E-state index is -0.703. The molecule has 0 saturated heterocycles. The normalized spacial score (nSPS) is 12.7. The van der Waals surface area contributed by atoms with Gasteiger partial charge in [-0.25, -0.2) is 14.4 Å². The molecule has 0 bridgehead atoms. The van der Waals surface area contributed by atoms with Crippen LogP contribution in [0.4, 0.5) is 10.2 Å². The third-order valence-corrected chi connectivity index (χ3v) is 5.66. The molecule has 9 nitrogen and oxygen atoms in total. The number of methoxy groups -OCH3 is 1. The maximum atomic E-state index is 15.1. The first kappa shape index (κ1) is 23.0. The van der Waals surface area contributed by atoms with Crippen LogP contribution in [0.2, 0.25) is 0 Å². The number of ether oxygens (including phenoxy) is 2. The highest BCUT2D eigenvalue weighted by molar-refractivity contribution is 5.93. The molecule has 0 aliphatic heterocycles. The first-order chi connectivity index (χ1) is 17.4. The van der Waals surface area contributed by atoms with Crippen LogP contribution < -0.4 is 20.5 Å². The molecule has 1 aliphatic carbocycles. The minimum Gasteiger partial charge on any atom is -0.497 e. The summed E-state index contributed by atoms with van der Waals surface area (Å²) in [7, 11) is 1.56. The number of aromatic nitrogens is 3. The number of halogens is 1. The Balaban J connectivity index is 1.42. The Morgan fingerprint density at radius 3 is 2.53 bits per heavy atom. The fourth-order valence-electron chi connectivity index (χ4n) is 3.61. The van der Waals surface area contributed by atoms with Crippen molar-refractivity contribution >= 4 is 17.6 Å². The van der Waals surface area contributed by atoms with E-state index in [4.69, 9.17) is 15.2 Å². The summed E-state index contributed by atoms with van der Waals surface area (Å²) in [6, 6.07) is 14.5. The van der Waals surface area contributed by atoms with Crippen molar-refractivity contribution in [3.63, 3.8) is 0 Å². The summed E-state index contributed by atoms with van der Waals surface area (Å²) in [5.74, 6) is 0.217. The van der Waals surface area contributed by atoms with Crippen LogP contribution in [-0.2, 0) is 4.79 Å². The van der Waals surface area contributed by atoms with Gasteiger partial charge in [-0.3, -0.25) is 14.2 Å². The van der Waals surface area contributed by atoms with E-state index < -0.39 is 11.7 Å². The molecule has 0 spiro atoms. The Hall–Kier alpha value is -4.73. The van der Waals surface area contributed by atoms with E-state index in [1.807, 2.05) is 0 Å². The Bertz CT molecular complexity index is 1450. The molecule has 1 saturated carbocycles. The molecule has 2 aromatic heterocycles. The zero-order valence-electron chi connectivity index (χ0n) is 19.3. The Labute approximate surface area is 205 Å². The van der Waals surface area contributed by atoms with Gasteiger partial charge in [0.2, 0.25) is 5.91 Å². The van der Waals surface area contributed by atoms with Gasteiger partial charge in [-0.1, -0.05) is 0 Å². The van der Waals surface area contributed by atoms with Crippen LogP contribution in [0.15, 0.2) is 67.0 Å². The average Bonchev–Trinajstić information content (AvgIpc) is 3.64. The molecule has 0 unspecified atom stereocenters. The molecular formula is C26H22FN5O4. The minimum absolute atomic E-state index is 0.0258. The highest BCUT2D eigenvalue weighted by Gasteiger charge is 2.29. The van der Waals surface area contributed by atoms with Gasteiger partial charge in [0.05, 0.1) is 7.11 Å². The quantitative estimate of drug-likeness (QED) is 0.382. The Morgan fingerprint density at radius 1 is 1.08 bits per heavy atom. The molecule has 0 atom stereocenters. The molecule has 4 aromatic rings. The van der Waals surface area contributed by atoms with Crippen molar-refractivity contribution in [2.24, 2.45) is 11.7 Å². The largest absolute Gasteiger partial charge is 0.497 e. The molecule has 2 aromatic carbocycles. The predicted molar refractivity (Wildman–Crippen MR) is 130 cm³/mol. The Morgan fingerprint density at radius 2 is 1.86 bits per heavy atom. The van der Waals surface area contributed by atoms with E-state index in [9.17, 15) is 9.59 Å². The van der Waals surface area contributed by atoms with Gasteiger partial charge in [-0.05, 0) is 61.4 Å². The standard InChI is InChI=1S/C26H22FN5O4/c1-35-18-7-5-17(6-8-18)32-14-21(24(28)33)30-25(32)16-4-9-22(20(27)12-16)36-19-10-11-29-23(13-19)31-26(34)15-2-3-15/h4-15H,2-3H2,1H3,(H2,28,33)(H,29,31,34). The van der Waals surface area contributed by atoms with Gasteiger partial charge in [-0.2, -0.15) is 0 Å². The molecule has 0 radical (unpaired) electrons. The van der Waals surface area contributed by atoms with E-state index in [-0.39, 0.29) is 23.3 Å². The van der Waals surface area contributed by atoms with Crippen LogP contribution >= 0.6 is 0 Å². The number of imidazole rings is 1. The van der Waals surface area contributed by atoms with Crippen molar-refractivity contribution in [1.29, 1.82) is 0 Å². The van der Waals surface area contributed by atoms with Gasteiger partial charge in [0.1, 0.15) is 28.8 Å². The van der Waals surface area contributed by atoms with E-state index in [0.717, 1.165) is 12.8 Å². The van der Waals surface area contributed by atoms with Crippen molar-refractivity contribution in [3.05, 3.63) is 78.5 Å². The number of carbonyl (C=O) groups is 2. The number of carbonyl (C=O) groups excluding carboxylic acids is 2. The lowest BCUT2D eigenvalue weighted by molar-refractivity contribution is -0.117.